The minimum atomic E-state index is -4.90. The number of carbonyl (C=O) groups is 2. The van der Waals surface area contributed by atoms with E-state index in [1.807, 2.05) is 12.1 Å². The van der Waals surface area contributed by atoms with Gasteiger partial charge in [-0.25, -0.2) is 4.98 Å². The van der Waals surface area contributed by atoms with Gasteiger partial charge in [0.05, 0.1) is 23.1 Å². The number of aromatic nitrogens is 2. The van der Waals surface area contributed by atoms with Gasteiger partial charge >= 0.3 is 12.1 Å². The normalized spacial score (nSPS) is 18.3. The average Bonchev–Trinajstić information content (AvgIpc) is 3.22. The molecule has 204 valence electrons. The molecule has 2 unspecified atom stereocenters. The van der Waals surface area contributed by atoms with Crippen molar-refractivity contribution < 1.29 is 22.8 Å². The molecule has 3 N–H and O–H groups in total. The molecule has 0 saturated carbocycles. The first-order valence-electron chi connectivity index (χ1n) is 12.1. The van der Waals surface area contributed by atoms with Crippen LogP contribution in [0.1, 0.15) is 46.2 Å². The third-order valence-electron chi connectivity index (χ3n) is 6.98. The van der Waals surface area contributed by atoms with Crippen molar-refractivity contribution in [3.8, 4) is 0 Å². The summed E-state index contributed by atoms with van der Waals surface area (Å²) in [5, 5.41) is 9.06. The molecular weight excluding hydrogens is 601 g/mol. The van der Waals surface area contributed by atoms with E-state index in [0.29, 0.717) is 34.3 Å². The average molecular weight is 624 g/mol. The van der Waals surface area contributed by atoms with Crippen molar-refractivity contribution in [3.05, 3.63) is 68.8 Å². The summed E-state index contributed by atoms with van der Waals surface area (Å²) in [6.07, 6.45) is -2.09. The molecule has 3 aromatic rings. The van der Waals surface area contributed by atoms with Crippen LogP contribution in [0.15, 0.2) is 47.1 Å². The number of hydrogen-bond acceptors (Lipinski definition) is 6. The fourth-order valence-corrected chi connectivity index (χ4v) is 6.11. The lowest BCUT2D eigenvalue weighted by molar-refractivity contribution is -0.185. The molecule has 3 aliphatic rings. The zero-order valence-corrected chi connectivity index (χ0v) is 22.9. The molecule has 0 spiro atoms. The first-order chi connectivity index (χ1) is 18.6. The van der Waals surface area contributed by atoms with Crippen LogP contribution in [0.5, 0.6) is 0 Å². The van der Waals surface area contributed by atoms with Gasteiger partial charge < -0.3 is 20.9 Å². The summed E-state index contributed by atoms with van der Waals surface area (Å²) >= 11 is 9.98. The summed E-state index contributed by atoms with van der Waals surface area (Å²) in [7, 11) is 1.54. The van der Waals surface area contributed by atoms with Gasteiger partial charge in [-0.15, -0.1) is 0 Å². The monoisotopic (exact) mass is 622 g/mol. The minimum Gasteiger partial charge on any atom is -0.355 e. The highest BCUT2D eigenvalue weighted by Crippen LogP contribution is 2.48. The smallest absolute Gasteiger partial charge is 0.355 e. The Hall–Kier alpha value is -3.38. The third-order valence-corrected chi connectivity index (χ3v) is 8.11. The minimum absolute atomic E-state index is 0.000155. The Balaban J connectivity index is 1.42. The number of fused-ring (bicyclic) bond motifs is 3. The molecule has 2 atom stereocenters. The summed E-state index contributed by atoms with van der Waals surface area (Å²) in [5.74, 6) is -2.01. The standard InChI is InChI=1S/C26H23BrClF3N6O2/c1-32-23(38)16-4-2-3-5-18(16)34-22-17(28)10-33-25(36-22)35-19-9-8-15-13-6-7-14(20(15)21(19)27)12-37(11-13)24(39)26(29,30)31/h2-5,8-10,13-14H,6-7,11-12H2,1H3,(H,32,38)(H2,33,34,35,36). The maximum absolute atomic E-state index is 13.2. The van der Waals surface area contributed by atoms with Crippen LogP contribution < -0.4 is 16.0 Å². The SMILES string of the molecule is CNC(=O)c1ccccc1Nc1nc(Nc2ccc3c(c2Br)C2CCC3CN(C(=O)C(F)(F)F)C2)ncc1Cl. The van der Waals surface area contributed by atoms with Crippen LogP contribution in [-0.4, -0.2) is 53.0 Å². The maximum Gasteiger partial charge on any atom is 0.471 e. The number of carbonyl (C=O) groups excluding carboxylic acids is 2. The Kier molecular flexibility index (Phi) is 7.43. The number of anilines is 4. The van der Waals surface area contributed by atoms with Gasteiger partial charge in [0.25, 0.3) is 5.91 Å². The van der Waals surface area contributed by atoms with E-state index in [-0.39, 0.29) is 47.6 Å². The Morgan fingerprint density at radius 3 is 2.51 bits per heavy atom. The van der Waals surface area contributed by atoms with Crippen molar-refractivity contribution in [3.63, 3.8) is 0 Å². The Labute approximate surface area is 235 Å². The lowest BCUT2D eigenvalue weighted by Gasteiger charge is -2.28. The van der Waals surface area contributed by atoms with Gasteiger partial charge in [0.1, 0.15) is 5.02 Å². The Bertz CT molecular complexity index is 1450. The first-order valence-corrected chi connectivity index (χ1v) is 13.3. The maximum atomic E-state index is 13.2. The van der Waals surface area contributed by atoms with Crippen molar-refractivity contribution >= 4 is 62.5 Å². The molecule has 39 heavy (non-hydrogen) atoms. The number of halogens is 5. The predicted molar refractivity (Wildman–Crippen MR) is 145 cm³/mol. The van der Waals surface area contributed by atoms with Gasteiger partial charge in [-0.2, -0.15) is 18.2 Å². The van der Waals surface area contributed by atoms with Crippen LogP contribution in [-0.2, 0) is 4.79 Å². The summed E-state index contributed by atoms with van der Waals surface area (Å²) in [6.45, 7) is 0.0358. The third kappa shape index (κ3) is 5.40. The van der Waals surface area contributed by atoms with Crippen LogP contribution in [0, 0.1) is 0 Å². The highest BCUT2D eigenvalue weighted by Gasteiger charge is 2.46. The Morgan fingerprint density at radius 2 is 1.77 bits per heavy atom. The molecule has 2 aromatic carbocycles. The lowest BCUT2D eigenvalue weighted by Crippen LogP contribution is -2.42. The fraction of sp³-hybridized carbons (Fsp3) is 0.308. The second kappa shape index (κ2) is 10.6. The van der Waals surface area contributed by atoms with Crippen LogP contribution in [0.3, 0.4) is 0 Å². The molecule has 1 aromatic heterocycles. The second-order valence-electron chi connectivity index (χ2n) is 9.37. The van der Waals surface area contributed by atoms with E-state index in [1.54, 1.807) is 24.3 Å². The second-order valence-corrected chi connectivity index (χ2v) is 10.6. The highest BCUT2D eigenvalue weighted by atomic mass is 79.9. The summed E-state index contributed by atoms with van der Waals surface area (Å²) < 4.78 is 40.2. The number of nitrogens with zero attached hydrogens (tertiary/aromatic N) is 3. The molecule has 1 saturated heterocycles. The number of alkyl halides is 3. The molecule has 3 heterocycles. The quantitative estimate of drug-likeness (QED) is 0.318. The Morgan fingerprint density at radius 1 is 1.05 bits per heavy atom. The molecule has 0 radical (unpaired) electrons. The summed E-state index contributed by atoms with van der Waals surface area (Å²) in [5.41, 5.74) is 3.36. The van der Waals surface area contributed by atoms with Gasteiger partial charge in [0.2, 0.25) is 5.95 Å². The zero-order valence-electron chi connectivity index (χ0n) is 20.6. The molecule has 1 aliphatic carbocycles. The largest absolute Gasteiger partial charge is 0.471 e. The van der Waals surface area contributed by atoms with E-state index < -0.39 is 12.1 Å². The molecule has 6 rings (SSSR count). The van der Waals surface area contributed by atoms with Crippen molar-refractivity contribution in [2.45, 2.75) is 30.9 Å². The van der Waals surface area contributed by atoms with Crippen molar-refractivity contribution in [2.75, 3.05) is 30.8 Å². The molecule has 2 amide bonds. The van der Waals surface area contributed by atoms with Crippen LogP contribution >= 0.6 is 27.5 Å². The topological polar surface area (TPSA) is 99.2 Å². The van der Waals surface area contributed by atoms with Gasteiger partial charge in [0.15, 0.2) is 5.82 Å². The van der Waals surface area contributed by atoms with Gasteiger partial charge in [0, 0.05) is 36.4 Å². The van der Waals surface area contributed by atoms with E-state index in [9.17, 15) is 22.8 Å². The van der Waals surface area contributed by atoms with Gasteiger partial charge in [-0.05, 0) is 58.1 Å². The van der Waals surface area contributed by atoms with Crippen LogP contribution in [0.25, 0.3) is 0 Å². The molecular formula is C26H23BrClF3N6O2. The predicted octanol–water partition coefficient (Wildman–Crippen LogP) is 6.10. The molecule has 1 fully saturated rings. The van der Waals surface area contributed by atoms with E-state index >= 15 is 0 Å². The van der Waals surface area contributed by atoms with Crippen molar-refractivity contribution in [1.29, 1.82) is 0 Å². The molecule has 8 nitrogen and oxygen atoms in total. The van der Waals surface area contributed by atoms with Crippen molar-refractivity contribution in [1.82, 2.24) is 20.2 Å². The van der Waals surface area contributed by atoms with Crippen LogP contribution in [0.2, 0.25) is 5.02 Å². The summed E-state index contributed by atoms with van der Waals surface area (Å²) in [4.78, 5) is 33.9. The fourth-order valence-electron chi connectivity index (χ4n) is 5.19. The van der Waals surface area contributed by atoms with E-state index in [2.05, 4.69) is 41.8 Å². The highest BCUT2D eigenvalue weighted by molar-refractivity contribution is 9.10. The molecule has 13 heteroatoms. The van der Waals surface area contributed by atoms with Crippen LogP contribution in [0.4, 0.5) is 36.3 Å². The van der Waals surface area contributed by atoms with E-state index in [0.717, 1.165) is 16.0 Å². The first kappa shape index (κ1) is 27.2. The molecule has 2 aliphatic heterocycles. The number of rotatable bonds is 5. The lowest BCUT2D eigenvalue weighted by atomic mass is 9.78. The number of nitrogens with one attached hydrogen (secondary N) is 3. The molecule has 2 bridgehead atoms. The van der Waals surface area contributed by atoms with Crippen molar-refractivity contribution in [2.24, 2.45) is 0 Å². The number of para-hydroxylation sites is 1. The van der Waals surface area contributed by atoms with E-state index in [4.69, 9.17) is 11.6 Å². The summed E-state index contributed by atoms with van der Waals surface area (Å²) in [6, 6.07) is 10.6. The zero-order chi connectivity index (χ0) is 27.9. The van der Waals surface area contributed by atoms with Gasteiger partial charge in [-0.3, -0.25) is 9.59 Å². The number of hydrogen-bond donors (Lipinski definition) is 3. The van der Waals surface area contributed by atoms with E-state index in [1.165, 1.54) is 13.2 Å². The van der Waals surface area contributed by atoms with Gasteiger partial charge in [-0.1, -0.05) is 29.8 Å². The number of amides is 2. The number of benzene rings is 2.